The van der Waals surface area contributed by atoms with Gasteiger partial charge in [0.05, 0.1) is 6.04 Å². The number of ether oxygens (including phenoxy) is 1. The third-order valence-electron chi connectivity index (χ3n) is 4.43. The molecule has 1 fully saturated rings. The van der Waals surface area contributed by atoms with Crippen LogP contribution in [0.25, 0.3) is 0 Å². The van der Waals surface area contributed by atoms with Crippen LogP contribution in [0.4, 0.5) is 4.39 Å². The molecule has 1 unspecified atom stereocenters. The Morgan fingerprint density at radius 2 is 1.84 bits per heavy atom. The van der Waals surface area contributed by atoms with Crippen LogP contribution in [0.3, 0.4) is 0 Å². The molecular weight excluding hydrogens is 343 g/mol. The Morgan fingerprint density at radius 1 is 1.16 bits per heavy atom. The number of amides is 1. The number of carbonyl (C=O) groups excluding carboxylic acids is 1. The second-order valence-corrected chi connectivity index (χ2v) is 6.57. The van der Waals surface area contributed by atoms with Crippen molar-refractivity contribution >= 4 is 17.5 Å². The summed E-state index contributed by atoms with van der Waals surface area (Å²) in [6.07, 6.45) is 0. The topological polar surface area (TPSA) is 32.8 Å². The molecule has 1 heterocycles. The predicted octanol–water partition coefficient (Wildman–Crippen LogP) is 3.37. The number of carbonyl (C=O) groups is 1. The minimum absolute atomic E-state index is 0.0124. The SMILES string of the molecule is CN1CCN(C(=O)COc2ccc(Cl)cc2)CC1c1ccc(F)cc1. The molecule has 2 aromatic rings. The molecule has 132 valence electrons. The molecule has 0 N–H and O–H groups in total. The quantitative estimate of drug-likeness (QED) is 0.836. The summed E-state index contributed by atoms with van der Waals surface area (Å²) >= 11 is 5.83. The summed E-state index contributed by atoms with van der Waals surface area (Å²) in [6, 6.07) is 13.4. The summed E-state index contributed by atoms with van der Waals surface area (Å²) in [4.78, 5) is 16.4. The molecule has 2 aromatic carbocycles. The highest BCUT2D eigenvalue weighted by molar-refractivity contribution is 6.30. The van der Waals surface area contributed by atoms with Crippen LogP contribution in [0.15, 0.2) is 48.5 Å². The van der Waals surface area contributed by atoms with E-state index in [1.807, 2.05) is 7.05 Å². The predicted molar refractivity (Wildman–Crippen MR) is 95.3 cm³/mol. The van der Waals surface area contributed by atoms with Crippen molar-refractivity contribution in [1.29, 1.82) is 0 Å². The summed E-state index contributed by atoms with van der Waals surface area (Å²) in [5, 5.41) is 0.625. The first-order valence-electron chi connectivity index (χ1n) is 8.15. The van der Waals surface area contributed by atoms with Crippen molar-refractivity contribution in [3.63, 3.8) is 0 Å². The van der Waals surface area contributed by atoms with E-state index in [4.69, 9.17) is 16.3 Å². The minimum Gasteiger partial charge on any atom is -0.484 e. The van der Waals surface area contributed by atoms with Gasteiger partial charge in [-0.05, 0) is 49.0 Å². The zero-order valence-electron chi connectivity index (χ0n) is 14.0. The molecular formula is C19H20ClFN2O2. The van der Waals surface area contributed by atoms with Crippen molar-refractivity contribution in [3.05, 3.63) is 64.9 Å². The molecule has 3 rings (SSSR count). The van der Waals surface area contributed by atoms with Crippen molar-refractivity contribution in [2.75, 3.05) is 33.3 Å². The fourth-order valence-electron chi connectivity index (χ4n) is 2.91. The lowest BCUT2D eigenvalue weighted by molar-refractivity contribution is -0.136. The molecule has 1 aliphatic rings. The second-order valence-electron chi connectivity index (χ2n) is 6.13. The van der Waals surface area contributed by atoms with Crippen molar-refractivity contribution in [2.45, 2.75) is 6.04 Å². The van der Waals surface area contributed by atoms with E-state index in [2.05, 4.69) is 4.90 Å². The largest absolute Gasteiger partial charge is 0.484 e. The van der Waals surface area contributed by atoms with E-state index < -0.39 is 0 Å². The smallest absolute Gasteiger partial charge is 0.260 e. The summed E-state index contributed by atoms with van der Waals surface area (Å²) in [5.41, 5.74) is 1.00. The van der Waals surface area contributed by atoms with Gasteiger partial charge in [-0.25, -0.2) is 4.39 Å². The zero-order chi connectivity index (χ0) is 17.8. The highest BCUT2D eigenvalue weighted by atomic mass is 35.5. The maximum atomic E-state index is 13.1. The monoisotopic (exact) mass is 362 g/mol. The molecule has 4 nitrogen and oxygen atoms in total. The fourth-order valence-corrected chi connectivity index (χ4v) is 3.04. The Hall–Kier alpha value is -2.11. The lowest BCUT2D eigenvalue weighted by Gasteiger charge is -2.39. The van der Waals surface area contributed by atoms with Gasteiger partial charge in [0.2, 0.25) is 0 Å². The van der Waals surface area contributed by atoms with E-state index in [0.717, 1.165) is 12.1 Å². The number of likely N-dealkylation sites (N-methyl/N-ethyl adjacent to an activating group) is 1. The van der Waals surface area contributed by atoms with Crippen LogP contribution >= 0.6 is 11.6 Å². The second kappa shape index (κ2) is 7.85. The van der Waals surface area contributed by atoms with E-state index in [1.165, 1.54) is 12.1 Å². The molecule has 0 aromatic heterocycles. The molecule has 1 aliphatic heterocycles. The van der Waals surface area contributed by atoms with E-state index in [9.17, 15) is 9.18 Å². The Kier molecular flexibility index (Phi) is 5.56. The van der Waals surface area contributed by atoms with Gasteiger partial charge in [0, 0.05) is 24.7 Å². The van der Waals surface area contributed by atoms with Crippen molar-refractivity contribution in [1.82, 2.24) is 9.80 Å². The molecule has 1 amide bonds. The van der Waals surface area contributed by atoms with Gasteiger partial charge in [-0.3, -0.25) is 9.69 Å². The average molecular weight is 363 g/mol. The lowest BCUT2D eigenvalue weighted by Crippen LogP contribution is -2.50. The average Bonchev–Trinajstić information content (AvgIpc) is 2.62. The van der Waals surface area contributed by atoms with E-state index in [-0.39, 0.29) is 24.4 Å². The van der Waals surface area contributed by atoms with Gasteiger partial charge in [0.15, 0.2) is 6.61 Å². The molecule has 0 spiro atoms. The van der Waals surface area contributed by atoms with Gasteiger partial charge in [0.1, 0.15) is 11.6 Å². The van der Waals surface area contributed by atoms with Crippen LogP contribution in [-0.2, 0) is 4.79 Å². The van der Waals surface area contributed by atoms with Crippen LogP contribution < -0.4 is 4.74 Å². The number of rotatable bonds is 4. The maximum absolute atomic E-state index is 13.1. The zero-order valence-corrected chi connectivity index (χ0v) is 14.7. The Morgan fingerprint density at radius 3 is 2.52 bits per heavy atom. The highest BCUT2D eigenvalue weighted by Crippen LogP contribution is 2.24. The van der Waals surface area contributed by atoms with Crippen LogP contribution in [0.2, 0.25) is 5.02 Å². The van der Waals surface area contributed by atoms with E-state index in [1.54, 1.807) is 41.3 Å². The maximum Gasteiger partial charge on any atom is 0.260 e. The standard InChI is InChI=1S/C19H20ClFN2O2/c1-22-10-11-23(12-18(22)14-2-6-16(21)7-3-14)19(24)13-25-17-8-4-15(20)5-9-17/h2-9,18H,10-13H2,1H3. The van der Waals surface area contributed by atoms with Crippen molar-refractivity contribution in [3.8, 4) is 5.75 Å². The van der Waals surface area contributed by atoms with Gasteiger partial charge in [-0.1, -0.05) is 23.7 Å². The number of hydrogen-bond donors (Lipinski definition) is 0. The van der Waals surface area contributed by atoms with Crippen molar-refractivity contribution in [2.24, 2.45) is 0 Å². The van der Waals surface area contributed by atoms with Gasteiger partial charge in [-0.2, -0.15) is 0 Å². The first-order chi connectivity index (χ1) is 12.0. The molecule has 25 heavy (non-hydrogen) atoms. The normalized spacial score (nSPS) is 18.2. The Bertz CT molecular complexity index is 721. The van der Waals surface area contributed by atoms with Crippen LogP contribution in [-0.4, -0.2) is 49.0 Å². The summed E-state index contributed by atoms with van der Waals surface area (Å²) in [6.45, 7) is 1.96. The number of hydrogen-bond acceptors (Lipinski definition) is 3. The third kappa shape index (κ3) is 4.50. The molecule has 0 bridgehead atoms. The summed E-state index contributed by atoms with van der Waals surface area (Å²) in [7, 11) is 2.01. The number of benzene rings is 2. The molecule has 1 atom stereocenters. The first kappa shape index (κ1) is 17.7. The molecule has 0 aliphatic carbocycles. The van der Waals surface area contributed by atoms with Gasteiger partial charge < -0.3 is 9.64 Å². The van der Waals surface area contributed by atoms with Crippen molar-refractivity contribution < 1.29 is 13.9 Å². The summed E-state index contributed by atoms with van der Waals surface area (Å²) < 4.78 is 18.7. The third-order valence-corrected chi connectivity index (χ3v) is 4.68. The molecule has 1 saturated heterocycles. The van der Waals surface area contributed by atoms with Gasteiger partial charge >= 0.3 is 0 Å². The van der Waals surface area contributed by atoms with Crippen LogP contribution in [0.1, 0.15) is 11.6 Å². The Balaban J connectivity index is 1.61. The summed E-state index contributed by atoms with van der Waals surface area (Å²) in [5.74, 6) is 0.295. The molecule has 6 heteroatoms. The molecule has 0 saturated carbocycles. The fraction of sp³-hybridized carbons (Fsp3) is 0.316. The van der Waals surface area contributed by atoms with E-state index in [0.29, 0.717) is 23.9 Å². The number of nitrogens with zero attached hydrogens (tertiary/aromatic N) is 2. The van der Waals surface area contributed by atoms with Crippen LogP contribution in [0.5, 0.6) is 5.75 Å². The first-order valence-corrected chi connectivity index (χ1v) is 8.52. The van der Waals surface area contributed by atoms with Gasteiger partial charge in [0.25, 0.3) is 5.91 Å². The number of halogens is 2. The number of piperazine rings is 1. The van der Waals surface area contributed by atoms with E-state index >= 15 is 0 Å². The Labute approximate surface area is 151 Å². The lowest BCUT2D eigenvalue weighted by atomic mass is 10.0. The minimum atomic E-state index is -0.258. The van der Waals surface area contributed by atoms with Gasteiger partial charge in [-0.15, -0.1) is 0 Å². The van der Waals surface area contributed by atoms with Crippen LogP contribution in [0, 0.1) is 5.82 Å². The highest BCUT2D eigenvalue weighted by Gasteiger charge is 2.28. The molecule has 0 radical (unpaired) electrons.